The smallest absolute Gasteiger partial charge is 0.253 e. The molecule has 1 amide bonds. The molecule has 1 fully saturated rings. The zero-order valence-electron chi connectivity index (χ0n) is 11.0. The highest BCUT2D eigenvalue weighted by Gasteiger charge is 2.21. The highest BCUT2D eigenvalue weighted by atomic mass is 32.1. The maximum absolute atomic E-state index is 12.5. The number of nitrogens with two attached hydrogens (primary N) is 1. The van der Waals surface area contributed by atoms with E-state index < -0.39 is 0 Å². The third-order valence-electron chi connectivity index (χ3n) is 3.13. The summed E-state index contributed by atoms with van der Waals surface area (Å²) in [7, 11) is 0. The number of hydrogen-bond acceptors (Lipinski definition) is 3. The third-order valence-corrected chi connectivity index (χ3v) is 3.37. The molecule has 1 aliphatic rings. The van der Waals surface area contributed by atoms with Gasteiger partial charge in [0.05, 0.1) is 6.10 Å². The second-order valence-corrected chi connectivity index (χ2v) is 5.17. The maximum atomic E-state index is 12.5. The first-order valence-corrected chi connectivity index (χ1v) is 6.79. The fourth-order valence-electron chi connectivity index (χ4n) is 2.17. The first-order valence-electron chi connectivity index (χ1n) is 6.38. The van der Waals surface area contributed by atoms with E-state index in [1.54, 1.807) is 18.2 Å². The quantitative estimate of drug-likeness (QED) is 0.834. The molecule has 0 spiro atoms. The molecule has 1 aromatic carbocycles. The molecule has 19 heavy (non-hydrogen) atoms. The minimum Gasteiger partial charge on any atom is -0.389 e. The van der Waals surface area contributed by atoms with Gasteiger partial charge in [-0.1, -0.05) is 24.4 Å². The Morgan fingerprint density at radius 2 is 2.21 bits per heavy atom. The van der Waals surface area contributed by atoms with Gasteiger partial charge in [-0.05, 0) is 25.5 Å². The summed E-state index contributed by atoms with van der Waals surface area (Å²) in [5.41, 5.74) is 6.94. The van der Waals surface area contributed by atoms with E-state index in [0.717, 1.165) is 18.5 Å². The summed E-state index contributed by atoms with van der Waals surface area (Å²) in [5, 5.41) is 0. The summed E-state index contributed by atoms with van der Waals surface area (Å²) in [6.07, 6.45) is 0.940. The van der Waals surface area contributed by atoms with Crippen molar-refractivity contribution in [2.75, 3.05) is 19.7 Å². The zero-order chi connectivity index (χ0) is 13.8. The summed E-state index contributed by atoms with van der Waals surface area (Å²) in [6, 6.07) is 7.16. The van der Waals surface area contributed by atoms with Gasteiger partial charge in [-0.25, -0.2) is 0 Å². The number of ether oxygens (including phenoxy) is 1. The van der Waals surface area contributed by atoms with Crippen LogP contribution in [0.1, 0.15) is 29.3 Å². The first-order chi connectivity index (χ1) is 9.08. The van der Waals surface area contributed by atoms with E-state index in [2.05, 4.69) is 0 Å². The number of carbonyl (C=O) groups excluding carboxylic acids is 1. The average molecular weight is 278 g/mol. The van der Waals surface area contributed by atoms with E-state index in [0.29, 0.717) is 23.7 Å². The summed E-state index contributed by atoms with van der Waals surface area (Å²) >= 11 is 4.94. The molecule has 2 rings (SSSR count). The molecule has 0 aromatic heterocycles. The van der Waals surface area contributed by atoms with E-state index in [1.807, 2.05) is 17.9 Å². The van der Waals surface area contributed by atoms with Crippen molar-refractivity contribution in [2.45, 2.75) is 19.4 Å². The Bertz CT molecular complexity index is 490. The molecule has 0 saturated carbocycles. The van der Waals surface area contributed by atoms with Crippen LogP contribution in [0.4, 0.5) is 0 Å². The predicted molar refractivity (Wildman–Crippen MR) is 78.3 cm³/mol. The van der Waals surface area contributed by atoms with Gasteiger partial charge in [0.2, 0.25) is 0 Å². The summed E-state index contributed by atoms with van der Waals surface area (Å²) < 4.78 is 5.55. The third kappa shape index (κ3) is 3.52. The van der Waals surface area contributed by atoms with Gasteiger partial charge in [-0.2, -0.15) is 0 Å². The summed E-state index contributed by atoms with van der Waals surface area (Å²) in [4.78, 5) is 14.6. The van der Waals surface area contributed by atoms with Crippen molar-refractivity contribution in [3.8, 4) is 0 Å². The first kappa shape index (κ1) is 14.0. The molecule has 1 aliphatic heterocycles. The van der Waals surface area contributed by atoms with Crippen molar-refractivity contribution in [3.63, 3.8) is 0 Å². The van der Waals surface area contributed by atoms with Gasteiger partial charge >= 0.3 is 0 Å². The van der Waals surface area contributed by atoms with Crippen molar-refractivity contribution < 1.29 is 9.53 Å². The van der Waals surface area contributed by atoms with Crippen molar-refractivity contribution >= 4 is 23.1 Å². The minimum atomic E-state index is 0.00968. The molecular formula is C14H18N2O2S. The number of amides is 1. The number of hydrogen-bond donors (Lipinski definition) is 1. The normalized spacial score (nSPS) is 19.8. The molecule has 5 heteroatoms. The Kier molecular flexibility index (Phi) is 4.50. The Hall–Kier alpha value is -1.46. The van der Waals surface area contributed by atoms with Crippen LogP contribution in [0.3, 0.4) is 0 Å². The lowest BCUT2D eigenvalue weighted by atomic mass is 10.1. The van der Waals surface area contributed by atoms with Crippen LogP contribution in [0.15, 0.2) is 24.3 Å². The molecule has 2 N–H and O–H groups in total. The number of benzene rings is 1. The van der Waals surface area contributed by atoms with E-state index in [-0.39, 0.29) is 12.0 Å². The van der Waals surface area contributed by atoms with E-state index in [1.165, 1.54) is 0 Å². The summed E-state index contributed by atoms with van der Waals surface area (Å²) in [6.45, 7) is 4.03. The van der Waals surface area contributed by atoms with E-state index >= 15 is 0 Å². The molecule has 4 nitrogen and oxygen atoms in total. The molecule has 102 valence electrons. The molecule has 1 atom stereocenters. The fraction of sp³-hybridized carbons (Fsp3) is 0.429. The fourth-order valence-corrected chi connectivity index (χ4v) is 2.29. The summed E-state index contributed by atoms with van der Waals surface area (Å²) in [5.74, 6) is 0.00968. The molecular weight excluding hydrogens is 260 g/mol. The average Bonchev–Trinajstić information content (AvgIpc) is 2.62. The molecule has 0 bridgehead atoms. The van der Waals surface area contributed by atoms with Crippen molar-refractivity contribution in [3.05, 3.63) is 35.4 Å². The van der Waals surface area contributed by atoms with Gasteiger partial charge in [0.15, 0.2) is 0 Å². The standard InChI is InChI=1S/C14H18N2O2S/c1-10-9-16(6-3-7-18-10)14(17)12-5-2-4-11(8-12)13(15)19/h2,4-5,8,10H,3,6-7,9H2,1H3,(H2,15,19). The molecule has 1 saturated heterocycles. The zero-order valence-corrected chi connectivity index (χ0v) is 11.8. The van der Waals surface area contributed by atoms with Crippen molar-refractivity contribution in [1.29, 1.82) is 0 Å². The lowest BCUT2D eigenvalue weighted by molar-refractivity contribution is 0.0562. The van der Waals surface area contributed by atoms with Gasteiger partial charge in [-0.3, -0.25) is 4.79 Å². The number of carbonyl (C=O) groups is 1. The van der Waals surface area contributed by atoms with E-state index in [4.69, 9.17) is 22.7 Å². The highest BCUT2D eigenvalue weighted by molar-refractivity contribution is 7.80. The predicted octanol–water partition coefficient (Wildman–Crippen LogP) is 1.57. The largest absolute Gasteiger partial charge is 0.389 e. The van der Waals surface area contributed by atoms with Gasteiger partial charge in [0, 0.05) is 30.8 Å². The van der Waals surface area contributed by atoms with Crippen LogP contribution in [0.2, 0.25) is 0 Å². The second kappa shape index (κ2) is 6.12. The van der Waals surface area contributed by atoms with Gasteiger partial charge in [-0.15, -0.1) is 0 Å². The van der Waals surface area contributed by atoms with Crippen LogP contribution in [0.25, 0.3) is 0 Å². The van der Waals surface area contributed by atoms with Crippen molar-refractivity contribution in [2.24, 2.45) is 5.73 Å². The van der Waals surface area contributed by atoms with Crippen LogP contribution < -0.4 is 5.73 Å². The van der Waals surface area contributed by atoms with E-state index in [9.17, 15) is 4.79 Å². The SMILES string of the molecule is CC1CN(C(=O)c2cccc(C(N)=S)c2)CCCO1. The maximum Gasteiger partial charge on any atom is 0.253 e. The van der Waals surface area contributed by atoms with Crippen LogP contribution in [0, 0.1) is 0 Å². The topological polar surface area (TPSA) is 55.6 Å². The van der Waals surface area contributed by atoms with Crippen LogP contribution in [0.5, 0.6) is 0 Å². The monoisotopic (exact) mass is 278 g/mol. The Balaban J connectivity index is 2.18. The molecule has 0 aliphatic carbocycles. The Morgan fingerprint density at radius 3 is 2.95 bits per heavy atom. The van der Waals surface area contributed by atoms with Gasteiger partial charge in [0.25, 0.3) is 5.91 Å². The Morgan fingerprint density at radius 1 is 1.47 bits per heavy atom. The number of rotatable bonds is 2. The minimum absolute atomic E-state index is 0.00968. The second-order valence-electron chi connectivity index (χ2n) is 4.73. The van der Waals surface area contributed by atoms with Crippen LogP contribution in [-0.4, -0.2) is 41.6 Å². The molecule has 1 unspecified atom stereocenters. The molecule has 1 heterocycles. The molecule has 0 radical (unpaired) electrons. The van der Waals surface area contributed by atoms with Crippen molar-refractivity contribution in [1.82, 2.24) is 4.90 Å². The van der Waals surface area contributed by atoms with Gasteiger partial charge < -0.3 is 15.4 Å². The number of nitrogens with zero attached hydrogens (tertiary/aromatic N) is 1. The molecule has 1 aromatic rings. The highest BCUT2D eigenvalue weighted by Crippen LogP contribution is 2.12. The van der Waals surface area contributed by atoms with Crippen LogP contribution >= 0.6 is 12.2 Å². The van der Waals surface area contributed by atoms with Gasteiger partial charge in [0.1, 0.15) is 4.99 Å². The Labute approximate surface area is 118 Å². The lowest BCUT2D eigenvalue weighted by Gasteiger charge is -2.22. The lowest BCUT2D eigenvalue weighted by Crippen LogP contribution is -2.36. The van der Waals surface area contributed by atoms with Crippen LogP contribution in [-0.2, 0) is 4.74 Å². The number of thiocarbonyl (C=S) groups is 1.